The van der Waals surface area contributed by atoms with Gasteiger partial charge < -0.3 is 14.5 Å². The maximum atomic E-state index is 12.3. The van der Waals surface area contributed by atoms with E-state index in [0.717, 1.165) is 22.1 Å². The SMILES string of the molecule is COC(=O)[C@H](CC(C)C)NC(=O)Cc1coc2cc(C)ccc12. The van der Waals surface area contributed by atoms with Gasteiger partial charge in [-0.1, -0.05) is 26.0 Å². The highest BCUT2D eigenvalue weighted by molar-refractivity contribution is 5.90. The van der Waals surface area contributed by atoms with Crippen LogP contribution in [0.25, 0.3) is 11.0 Å². The molecule has 1 heterocycles. The molecule has 1 aromatic heterocycles. The second kappa shape index (κ2) is 7.31. The van der Waals surface area contributed by atoms with Gasteiger partial charge in [-0.15, -0.1) is 0 Å². The van der Waals surface area contributed by atoms with E-state index in [4.69, 9.17) is 9.15 Å². The number of ether oxygens (including phenoxy) is 1. The summed E-state index contributed by atoms with van der Waals surface area (Å²) in [5.74, 6) is -0.360. The number of hydrogen-bond acceptors (Lipinski definition) is 4. The number of esters is 1. The molecule has 0 aliphatic rings. The van der Waals surface area contributed by atoms with E-state index in [0.29, 0.717) is 6.42 Å². The molecule has 1 atom stereocenters. The van der Waals surface area contributed by atoms with Crippen molar-refractivity contribution in [1.82, 2.24) is 5.32 Å². The number of benzene rings is 1. The smallest absolute Gasteiger partial charge is 0.328 e. The Morgan fingerprint density at radius 3 is 2.70 bits per heavy atom. The molecule has 1 aromatic carbocycles. The van der Waals surface area contributed by atoms with E-state index in [9.17, 15) is 9.59 Å². The largest absolute Gasteiger partial charge is 0.467 e. The fourth-order valence-corrected chi connectivity index (χ4v) is 2.57. The van der Waals surface area contributed by atoms with Crippen molar-refractivity contribution < 1.29 is 18.7 Å². The van der Waals surface area contributed by atoms with Gasteiger partial charge >= 0.3 is 5.97 Å². The molecular weight excluding hydrogens is 294 g/mol. The monoisotopic (exact) mass is 317 g/mol. The molecule has 23 heavy (non-hydrogen) atoms. The predicted molar refractivity (Wildman–Crippen MR) is 88.1 cm³/mol. The third-order valence-electron chi connectivity index (χ3n) is 3.69. The van der Waals surface area contributed by atoms with E-state index in [1.165, 1.54) is 7.11 Å². The number of rotatable bonds is 6. The zero-order valence-electron chi connectivity index (χ0n) is 14.0. The second-order valence-electron chi connectivity index (χ2n) is 6.21. The van der Waals surface area contributed by atoms with Crippen LogP contribution in [0.2, 0.25) is 0 Å². The Hall–Kier alpha value is -2.30. The number of amides is 1. The topological polar surface area (TPSA) is 68.5 Å². The Morgan fingerprint density at radius 1 is 1.30 bits per heavy atom. The summed E-state index contributed by atoms with van der Waals surface area (Å²) in [7, 11) is 1.33. The van der Waals surface area contributed by atoms with Crippen LogP contribution in [0.3, 0.4) is 0 Å². The van der Waals surface area contributed by atoms with Crippen LogP contribution in [0.15, 0.2) is 28.9 Å². The number of carbonyl (C=O) groups is 2. The van der Waals surface area contributed by atoms with Gasteiger partial charge in [0, 0.05) is 10.9 Å². The van der Waals surface area contributed by atoms with Crippen molar-refractivity contribution in [1.29, 1.82) is 0 Å². The normalized spacial score (nSPS) is 12.4. The number of furan rings is 1. The van der Waals surface area contributed by atoms with Crippen molar-refractivity contribution in [2.24, 2.45) is 5.92 Å². The summed E-state index contributed by atoms with van der Waals surface area (Å²) in [6, 6.07) is 5.25. The molecule has 124 valence electrons. The Kier molecular flexibility index (Phi) is 5.42. The predicted octanol–water partition coefficient (Wildman–Crippen LogP) is 2.99. The van der Waals surface area contributed by atoms with Gasteiger partial charge in [-0.25, -0.2) is 4.79 Å². The Labute approximate surface area is 136 Å². The highest BCUT2D eigenvalue weighted by atomic mass is 16.5. The first-order valence-electron chi connectivity index (χ1n) is 7.74. The van der Waals surface area contributed by atoms with E-state index in [1.807, 2.05) is 39.0 Å². The zero-order chi connectivity index (χ0) is 17.0. The van der Waals surface area contributed by atoms with Gasteiger partial charge in [-0.3, -0.25) is 4.79 Å². The average Bonchev–Trinajstić information content (AvgIpc) is 2.87. The van der Waals surface area contributed by atoms with Gasteiger partial charge in [0.25, 0.3) is 0 Å². The standard InChI is InChI=1S/C18H23NO4/c1-11(2)7-15(18(21)22-4)19-17(20)9-13-10-23-16-8-12(3)5-6-14(13)16/h5-6,8,10-11,15H,7,9H2,1-4H3,(H,19,20)/t15-/m0/s1. The molecule has 0 saturated heterocycles. The summed E-state index contributed by atoms with van der Waals surface area (Å²) >= 11 is 0. The molecule has 0 unspecified atom stereocenters. The average molecular weight is 317 g/mol. The third-order valence-corrected chi connectivity index (χ3v) is 3.69. The number of aryl methyl sites for hydroxylation is 1. The number of methoxy groups -OCH3 is 1. The molecule has 2 rings (SSSR count). The molecule has 1 N–H and O–H groups in total. The number of fused-ring (bicyclic) bond motifs is 1. The van der Waals surface area contributed by atoms with E-state index < -0.39 is 12.0 Å². The van der Waals surface area contributed by atoms with Gasteiger partial charge in [0.05, 0.1) is 19.8 Å². The van der Waals surface area contributed by atoms with E-state index in [-0.39, 0.29) is 18.2 Å². The maximum Gasteiger partial charge on any atom is 0.328 e. The Bertz CT molecular complexity index is 702. The van der Waals surface area contributed by atoms with Gasteiger partial charge in [-0.05, 0) is 30.9 Å². The third kappa shape index (κ3) is 4.34. The van der Waals surface area contributed by atoms with Crippen LogP contribution in [0.5, 0.6) is 0 Å². The summed E-state index contributed by atoms with van der Waals surface area (Å²) in [6.07, 6.45) is 2.31. The highest BCUT2D eigenvalue weighted by Crippen LogP contribution is 2.22. The minimum Gasteiger partial charge on any atom is -0.467 e. The molecule has 0 aliphatic carbocycles. The molecular formula is C18H23NO4. The number of hydrogen-bond donors (Lipinski definition) is 1. The Morgan fingerprint density at radius 2 is 2.04 bits per heavy atom. The van der Waals surface area contributed by atoms with Crippen molar-refractivity contribution >= 4 is 22.8 Å². The first-order chi connectivity index (χ1) is 10.9. The fraction of sp³-hybridized carbons (Fsp3) is 0.444. The molecule has 0 spiro atoms. The van der Waals surface area contributed by atoms with Gasteiger partial charge in [0.2, 0.25) is 5.91 Å². The fourth-order valence-electron chi connectivity index (χ4n) is 2.57. The van der Waals surface area contributed by atoms with Crippen LogP contribution in [-0.4, -0.2) is 25.0 Å². The van der Waals surface area contributed by atoms with Crippen LogP contribution in [0, 0.1) is 12.8 Å². The van der Waals surface area contributed by atoms with Crippen molar-refractivity contribution in [3.63, 3.8) is 0 Å². The summed E-state index contributed by atoms with van der Waals surface area (Å²) < 4.78 is 10.3. The van der Waals surface area contributed by atoms with Gasteiger partial charge in [-0.2, -0.15) is 0 Å². The molecule has 1 amide bonds. The van der Waals surface area contributed by atoms with Crippen molar-refractivity contribution in [3.05, 3.63) is 35.6 Å². The summed E-state index contributed by atoms with van der Waals surface area (Å²) in [5.41, 5.74) is 2.68. The molecule has 0 aliphatic heterocycles. The summed E-state index contributed by atoms with van der Waals surface area (Å²) in [4.78, 5) is 24.1. The highest BCUT2D eigenvalue weighted by Gasteiger charge is 2.23. The summed E-state index contributed by atoms with van der Waals surface area (Å²) in [5, 5.41) is 3.68. The lowest BCUT2D eigenvalue weighted by Crippen LogP contribution is -2.43. The van der Waals surface area contributed by atoms with Crippen molar-refractivity contribution in [3.8, 4) is 0 Å². The van der Waals surface area contributed by atoms with Crippen LogP contribution < -0.4 is 5.32 Å². The minimum absolute atomic E-state index is 0.168. The molecule has 0 saturated carbocycles. The molecule has 5 nitrogen and oxygen atoms in total. The maximum absolute atomic E-state index is 12.3. The van der Waals surface area contributed by atoms with Crippen LogP contribution in [0.1, 0.15) is 31.4 Å². The van der Waals surface area contributed by atoms with E-state index in [2.05, 4.69) is 5.32 Å². The van der Waals surface area contributed by atoms with Crippen LogP contribution in [0.4, 0.5) is 0 Å². The lowest BCUT2D eigenvalue weighted by Gasteiger charge is -2.18. The van der Waals surface area contributed by atoms with Crippen LogP contribution >= 0.6 is 0 Å². The Balaban J connectivity index is 2.08. The lowest BCUT2D eigenvalue weighted by molar-refractivity contribution is -0.145. The van der Waals surface area contributed by atoms with Crippen LogP contribution in [-0.2, 0) is 20.7 Å². The van der Waals surface area contributed by atoms with Crippen molar-refractivity contribution in [2.75, 3.05) is 7.11 Å². The van der Waals surface area contributed by atoms with Gasteiger partial charge in [0.15, 0.2) is 0 Å². The molecule has 5 heteroatoms. The second-order valence-corrected chi connectivity index (χ2v) is 6.21. The number of nitrogens with one attached hydrogen (secondary N) is 1. The van der Waals surface area contributed by atoms with E-state index >= 15 is 0 Å². The van der Waals surface area contributed by atoms with E-state index in [1.54, 1.807) is 6.26 Å². The molecule has 0 bridgehead atoms. The first kappa shape index (κ1) is 17.1. The first-order valence-corrected chi connectivity index (χ1v) is 7.74. The lowest BCUT2D eigenvalue weighted by atomic mass is 10.0. The summed E-state index contributed by atoms with van der Waals surface area (Å²) in [6.45, 7) is 5.98. The van der Waals surface area contributed by atoms with Gasteiger partial charge in [0.1, 0.15) is 11.6 Å². The molecule has 0 radical (unpaired) electrons. The van der Waals surface area contributed by atoms with Crippen molar-refractivity contribution in [2.45, 2.75) is 39.7 Å². The quantitative estimate of drug-likeness (QED) is 0.832. The zero-order valence-corrected chi connectivity index (χ0v) is 14.0. The minimum atomic E-state index is -0.618. The molecule has 0 fully saturated rings. The molecule has 2 aromatic rings. The number of carbonyl (C=O) groups excluding carboxylic acids is 2.